The Morgan fingerprint density at radius 3 is 0.928 bits per heavy atom. The third-order valence-corrected chi connectivity index (χ3v) is 14.9. The van der Waals surface area contributed by atoms with Crippen LogP contribution in [0.25, 0.3) is 44.5 Å². The molecule has 0 spiro atoms. The Balaban J connectivity index is 0.994. The number of hydrogen-bond acceptors (Lipinski definition) is 1. The summed E-state index contributed by atoms with van der Waals surface area (Å²) in [6, 6.07) is 105. The zero-order valence-corrected chi connectivity index (χ0v) is 38.1. The molecule has 2 aliphatic rings. The standard InChI is InChI=1S/C68H47N/c1-5-19-48(20-6-1)49-33-35-50(36-34-49)51-37-41-56(42-38-51)69(57-43-39-55(40-44-57)67(52-21-7-2-8-22-52)63-30-16-13-27-59(63)60-28-14-17-31-64(60)67)58-45-46-62-61-29-15-18-32-65(61)68(66(62)47-58,53-23-9-3-10-24-53)54-25-11-4-12-26-54/h1-47H. The highest BCUT2D eigenvalue weighted by Gasteiger charge is 2.47. The molecule has 0 atom stereocenters. The molecule has 0 amide bonds. The molecule has 0 aromatic heterocycles. The summed E-state index contributed by atoms with van der Waals surface area (Å²) in [5, 5.41) is 0. The molecule has 0 aliphatic heterocycles. The molecule has 0 saturated heterocycles. The molecule has 324 valence electrons. The van der Waals surface area contributed by atoms with Crippen molar-refractivity contribution in [3.63, 3.8) is 0 Å². The summed E-state index contributed by atoms with van der Waals surface area (Å²) in [5.41, 5.74) is 22.4. The van der Waals surface area contributed by atoms with Crippen LogP contribution in [-0.4, -0.2) is 0 Å². The van der Waals surface area contributed by atoms with Crippen LogP contribution in [0.2, 0.25) is 0 Å². The molecule has 0 radical (unpaired) electrons. The Kier molecular flexibility index (Phi) is 9.70. The normalized spacial score (nSPS) is 13.4. The van der Waals surface area contributed by atoms with Gasteiger partial charge in [-0.1, -0.05) is 249 Å². The zero-order chi connectivity index (χ0) is 45.8. The molecule has 2 aliphatic carbocycles. The number of hydrogen-bond donors (Lipinski definition) is 0. The van der Waals surface area contributed by atoms with Gasteiger partial charge >= 0.3 is 0 Å². The molecule has 0 bridgehead atoms. The molecular weight excluding hydrogens is 831 g/mol. The molecule has 11 aromatic rings. The summed E-state index contributed by atoms with van der Waals surface area (Å²) in [4.78, 5) is 2.45. The highest BCUT2D eigenvalue weighted by molar-refractivity contribution is 5.91. The monoisotopic (exact) mass is 877 g/mol. The van der Waals surface area contributed by atoms with Crippen LogP contribution in [0.15, 0.2) is 285 Å². The lowest BCUT2D eigenvalue weighted by Gasteiger charge is -2.35. The molecule has 1 heteroatoms. The SMILES string of the molecule is c1ccc(-c2ccc(-c3ccc(N(c4ccc(C5(c6ccccc6)c6ccccc6-c6ccccc65)cc4)c4ccc5c(c4)C(c4ccccc4)(c4ccccc4)c4ccccc4-5)cc3)cc2)cc1. The number of nitrogens with zero attached hydrogens (tertiary/aromatic N) is 1. The van der Waals surface area contributed by atoms with E-state index in [1.165, 1.54) is 89.0 Å². The van der Waals surface area contributed by atoms with Gasteiger partial charge in [0, 0.05) is 17.1 Å². The Morgan fingerprint density at radius 1 is 0.203 bits per heavy atom. The van der Waals surface area contributed by atoms with Crippen LogP contribution >= 0.6 is 0 Å². The van der Waals surface area contributed by atoms with Gasteiger partial charge in [-0.3, -0.25) is 0 Å². The first kappa shape index (κ1) is 40.5. The first-order valence-electron chi connectivity index (χ1n) is 24.0. The van der Waals surface area contributed by atoms with E-state index in [2.05, 4.69) is 290 Å². The summed E-state index contributed by atoms with van der Waals surface area (Å²) in [5.74, 6) is 0. The van der Waals surface area contributed by atoms with Crippen molar-refractivity contribution in [1.29, 1.82) is 0 Å². The number of rotatable bonds is 9. The van der Waals surface area contributed by atoms with E-state index in [1.54, 1.807) is 0 Å². The number of anilines is 3. The minimum Gasteiger partial charge on any atom is -0.310 e. The second-order valence-electron chi connectivity index (χ2n) is 18.3. The minimum atomic E-state index is -0.527. The minimum absolute atomic E-state index is 0.486. The quantitative estimate of drug-likeness (QED) is 0.140. The van der Waals surface area contributed by atoms with Gasteiger partial charge < -0.3 is 4.90 Å². The molecule has 0 saturated carbocycles. The Labute approximate surface area is 404 Å². The van der Waals surface area contributed by atoms with Crippen molar-refractivity contribution in [2.75, 3.05) is 4.90 Å². The van der Waals surface area contributed by atoms with E-state index in [0.29, 0.717) is 0 Å². The smallest absolute Gasteiger partial charge is 0.0714 e. The average molecular weight is 878 g/mol. The highest BCUT2D eigenvalue weighted by Crippen LogP contribution is 2.59. The lowest BCUT2D eigenvalue weighted by Crippen LogP contribution is -2.29. The van der Waals surface area contributed by atoms with Crippen molar-refractivity contribution < 1.29 is 0 Å². The van der Waals surface area contributed by atoms with Crippen molar-refractivity contribution >= 4 is 17.1 Å². The van der Waals surface area contributed by atoms with Gasteiger partial charge in [-0.15, -0.1) is 0 Å². The first-order chi connectivity index (χ1) is 34.2. The predicted molar refractivity (Wildman–Crippen MR) is 287 cm³/mol. The summed E-state index contributed by atoms with van der Waals surface area (Å²) in [6.45, 7) is 0. The van der Waals surface area contributed by atoms with E-state index >= 15 is 0 Å². The van der Waals surface area contributed by atoms with Gasteiger partial charge in [-0.25, -0.2) is 0 Å². The van der Waals surface area contributed by atoms with E-state index in [-0.39, 0.29) is 0 Å². The maximum atomic E-state index is 2.47. The predicted octanol–water partition coefficient (Wildman–Crippen LogP) is 17.2. The van der Waals surface area contributed by atoms with Gasteiger partial charge in [0.05, 0.1) is 10.8 Å². The Morgan fingerprint density at radius 2 is 0.493 bits per heavy atom. The van der Waals surface area contributed by atoms with Crippen LogP contribution in [0.4, 0.5) is 17.1 Å². The molecule has 0 N–H and O–H groups in total. The van der Waals surface area contributed by atoms with Gasteiger partial charge in [-0.05, 0) is 125 Å². The summed E-state index contributed by atoms with van der Waals surface area (Å²) in [6.07, 6.45) is 0. The number of fused-ring (bicyclic) bond motifs is 6. The molecule has 0 heterocycles. The van der Waals surface area contributed by atoms with E-state index in [0.717, 1.165) is 17.1 Å². The molecule has 11 aromatic carbocycles. The lowest BCUT2D eigenvalue weighted by molar-refractivity contribution is 0.768. The van der Waals surface area contributed by atoms with Gasteiger partial charge in [0.2, 0.25) is 0 Å². The second kappa shape index (κ2) is 16.5. The largest absolute Gasteiger partial charge is 0.310 e. The van der Waals surface area contributed by atoms with E-state index < -0.39 is 10.8 Å². The zero-order valence-electron chi connectivity index (χ0n) is 38.1. The van der Waals surface area contributed by atoms with Crippen molar-refractivity contribution in [3.8, 4) is 44.5 Å². The third kappa shape index (κ3) is 6.32. The van der Waals surface area contributed by atoms with Crippen LogP contribution in [0.1, 0.15) is 44.5 Å². The molecule has 0 fully saturated rings. The van der Waals surface area contributed by atoms with E-state index in [9.17, 15) is 0 Å². The van der Waals surface area contributed by atoms with Crippen LogP contribution in [0.5, 0.6) is 0 Å². The maximum Gasteiger partial charge on any atom is 0.0714 e. The fraction of sp³-hybridized carbons (Fsp3) is 0.0294. The third-order valence-electron chi connectivity index (χ3n) is 14.9. The average Bonchev–Trinajstić information content (AvgIpc) is 3.91. The van der Waals surface area contributed by atoms with Crippen LogP contribution in [-0.2, 0) is 10.8 Å². The second-order valence-corrected chi connectivity index (χ2v) is 18.3. The van der Waals surface area contributed by atoms with E-state index in [4.69, 9.17) is 0 Å². The van der Waals surface area contributed by atoms with Gasteiger partial charge in [0.25, 0.3) is 0 Å². The fourth-order valence-corrected chi connectivity index (χ4v) is 11.9. The lowest BCUT2D eigenvalue weighted by atomic mass is 9.67. The number of benzene rings is 11. The Bertz CT molecular complexity index is 3530. The molecule has 0 unspecified atom stereocenters. The maximum absolute atomic E-state index is 2.47. The van der Waals surface area contributed by atoms with Crippen molar-refractivity contribution in [2.24, 2.45) is 0 Å². The Hall–Kier alpha value is -8.78. The van der Waals surface area contributed by atoms with Crippen molar-refractivity contribution in [2.45, 2.75) is 10.8 Å². The molecule has 69 heavy (non-hydrogen) atoms. The van der Waals surface area contributed by atoms with Crippen molar-refractivity contribution in [1.82, 2.24) is 0 Å². The first-order valence-corrected chi connectivity index (χ1v) is 24.0. The van der Waals surface area contributed by atoms with Gasteiger partial charge in [0.1, 0.15) is 0 Å². The molecule has 1 nitrogen and oxygen atoms in total. The van der Waals surface area contributed by atoms with Gasteiger partial charge in [-0.2, -0.15) is 0 Å². The highest BCUT2D eigenvalue weighted by atomic mass is 15.1. The van der Waals surface area contributed by atoms with Crippen LogP contribution < -0.4 is 4.90 Å². The van der Waals surface area contributed by atoms with Crippen LogP contribution in [0, 0.1) is 0 Å². The molecule has 13 rings (SSSR count). The van der Waals surface area contributed by atoms with Crippen LogP contribution in [0.3, 0.4) is 0 Å². The van der Waals surface area contributed by atoms with E-state index in [1.807, 2.05) is 0 Å². The fourth-order valence-electron chi connectivity index (χ4n) is 11.9. The van der Waals surface area contributed by atoms with Crippen molar-refractivity contribution in [3.05, 3.63) is 330 Å². The summed E-state index contributed by atoms with van der Waals surface area (Å²) < 4.78 is 0. The van der Waals surface area contributed by atoms with Gasteiger partial charge in [0.15, 0.2) is 0 Å². The topological polar surface area (TPSA) is 3.24 Å². The molecular formula is C68H47N. The summed E-state index contributed by atoms with van der Waals surface area (Å²) >= 11 is 0. The summed E-state index contributed by atoms with van der Waals surface area (Å²) in [7, 11) is 0.